The van der Waals surface area contributed by atoms with Crippen LogP contribution in [0, 0.1) is 5.92 Å². The summed E-state index contributed by atoms with van der Waals surface area (Å²) in [5.74, 6) is -0.430. The third-order valence-electron chi connectivity index (χ3n) is 2.55. The van der Waals surface area contributed by atoms with E-state index in [1.54, 1.807) is 13.0 Å². The van der Waals surface area contributed by atoms with E-state index in [1.165, 1.54) is 6.07 Å². The molecule has 1 rings (SSSR count). The lowest BCUT2D eigenvalue weighted by Gasteiger charge is -2.12. The molecule has 94 valence electrons. The van der Waals surface area contributed by atoms with E-state index in [4.69, 9.17) is 11.6 Å². The zero-order valence-corrected chi connectivity index (χ0v) is 9.98. The Labute approximate surface area is 103 Å². The van der Waals surface area contributed by atoms with Crippen LogP contribution in [0.25, 0.3) is 0 Å². The average molecular weight is 265 g/mol. The molecule has 0 aliphatic carbocycles. The van der Waals surface area contributed by atoms with Gasteiger partial charge in [0.2, 0.25) is 5.24 Å². The number of hydrogen-bond acceptors (Lipinski definition) is 1. The van der Waals surface area contributed by atoms with Crippen molar-refractivity contribution in [3.8, 4) is 0 Å². The van der Waals surface area contributed by atoms with E-state index < -0.39 is 22.9 Å². The van der Waals surface area contributed by atoms with Crippen molar-refractivity contribution in [2.45, 2.75) is 25.9 Å². The van der Waals surface area contributed by atoms with Crippen LogP contribution in [0.3, 0.4) is 0 Å². The van der Waals surface area contributed by atoms with Gasteiger partial charge in [-0.3, -0.25) is 4.79 Å². The quantitative estimate of drug-likeness (QED) is 0.750. The summed E-state index contributed by atoms with van der Waals surface area (Å²) in [6, 6.07) is 4.97. The van der Waals surface area contributed by atoms with E-state index >= 15 is 0 Å². The monoisotopic (exact) mass is 264 g/mol. The van der Waals surface area contributed by atoms with E-state index in [0.29, 0.717) is 12.0 Å². The first-order valence-electron chi connectivity index (χ1n) is 5.20. The maximum atomic E-state index is 12.5. The minimum absolute atomic E-state index is 0.239. The predicted molar refractivity (Wildman–Crippen MR) is 59.8 cm³/mol. The molecular formula is C12H12ClF3O. The first-order chi connectivity index (χ1) is 7.84. The Bertz CT molecular complexity index is 401. The van der Waals surface area contributed by atoms with Gasteiger partial charge in [0.05, 0.1) is 5.56 Å². The lowest BCUT2D eigenvalue weighted by molar-refractivity contribution is -0.137. The van der Waals surface area contributed by atoms with Crippen LogP contribution in [0.2, 0.25) is 0 Å². The molecule has 0 aliphatic rings. The summed E-state index contributed by atoms with van der Waals surface area (Å²) in [5.41, 5.74) is -0.229. The van der Waals surface area contributed by atoms with Crippen LogP contribution in [0.4, 0.5) is 13.2 Å². The fourth-order valence-corrected chi connectivity index (χ4v) is 1.78. The van der Waals surface area contributed by atoms with Crippen LogP contribution in [0.15, 0.2) is 24.3 Å². The van der Waals surface area contributed by atoms with Crippen LogP contribution in [0.1, 0.15) is 24.5 Å². The summed E-state index contributed by atoms with van der Waals surface area (Å²) in [5, 5.41) is -0.509. The zero-order valence-electron chi connectivity index (χ0n) is 9.22. The number of rotatable bonds is 4. The van der Waals surface area contributed by atoms with Gasteiger partial charge in [-0.2, -0.15) is 13.2 Å². The topological polar surface area (TPSA) is 17.1 Å². The Balaban J connectivity index is 2.89. The second-order valence-corrected chi connectivity index (χ2v) is 4.18. The predicted octanol–water partition coefficient (Wildman–Crippen LogP) is 4.04. The van der Waals surface area contributed by atoms with Gasteiger partial charge in [-0.15, -0.1) is 0 Å². The molecule has 0 bridgehead atoms. The SMILES string of the molecule is CCC(Cc1cccc(C(F)(F)F)c1)C(=O)Cl. The molecule has 1 unspecified atom stereocenters. The van der Waals surface area contributed by atoms with E-state index in [1.807, 2.05) is 0 Å². The highest BCUT2D eigenvalue weighted by molar-refractivity contribution is 6.64. The molecule has 17 heavy (non-hydrogen) atoms. The number of carbonyl (C=O) groups excluding carboxylic acids is 1. The second kappa shape index (κ2) is 5.54. The molecule has 0 spiro atoms. The summed E-state index contributed by atoms with van der Waals surface area (Å²) < 4.78 is 37.4. The summed E-state index contributed by atoms with van der Waals surface area (Å²) in [7, 11) is 0. The van der Waals surface area contributed by atoms with Gasteiger partial charge in [0.15, 0.2) is 0 Å². The Morgan fingerprint density at radius 2 is 2.06 bits per heavy atom. The number of halogens is 4. The minimum Gasteiger partial charge on any atom is -0.281 e. The number of benzene rings is 1. The van der Waals surface area contributed by atoms with Crippen LogP contribution >= 0.6 is 11.6 Å². The molecule has 5 heteroatoms. The molecule has 0 saturated heterocycles. The number of alkyl halides is 3. The lowest BCUT2D eigenvalue weighted by atomic mass is 9.97. The third kappa shape index (κ3) is 4.04. The molecule has 1 aromatic carbocycles. The molecule has 1 nitrogen and oxygen atoms in total. The molecule has 0 N–H and O–H groups in total. The van der Waals surface area contributed by atoms with Gasteiger partial charge in [-0.1, -0.05) is 25.1 Å². The first kappa shape index (κ1) is 14.0. The lowest BCUT2D eigenvalue weighted by Crippen LogP contribution is -2.12. The molecule has 0 heterocycles. The molecule has 0 amide bonds. The van der Waals surface area contributed by atoms with Gasteiger partial charge in [-0.05, 0) is 36.1 Å². The van der Waals surface area contributed by atoms with Crippen molar-refractivity contribution >= 4 is 16.8 Å². The van der Waals surface area contributed by atoms with Crippen LogP contribution in [-0.2, 0) is 17.4 Å². The van der Waals surface area contributed by atoms with Crippen molar-refractivity contribution in [3.05, 3.63) is 35.4 Å². The maximum absolute atomic E-state index is 12.5. The molecule has 0 aromatic heterocycles. The molecule has 1 aromatic rings. The van der Waals surface area contributed by atoms with Gasteiger partial charge < -0.3 is 0 Å². The average Bonchev–Trinajstić information content (AvgIpc) is 2.24. The highest BCUT2D eigenvalue weighted by Gasteiger charge is 2.30. The normalized spacial score (nSPS) is 13.5. The smallest absolute Gasteiger partial charge is 0.281 e. The summed E-state index contributed by atoms with van der Waals surface area (Å²) in [6.45, 7) is 1.78. The van der Waals surface area contributed by atoms with Crippen molar-refractivity contribution in [2.75, 3.05) is 0 Å². The molecule has 0 radical (unpaired) electrons. The third-order valence-corrected chi connectivity index (χ3v) is 2.86. The highest BCUT2D eigenvalue weighted by Crippen LogP contribution is 2.30. The second-order valence-electron chi connectivity index (χ2n) is 3.81. The summed E-state index contributed by atoms with van der Waals surface area (Å²) in [6.07, 6.45) is -3.61. The molecule has 1 atom stereocenters. The molecular weight excluding hydrogens is 253 g/mol. The van der Waals surface area contributed by atoms with Crippen molar-refractivity contribution in [3.63, 3.8) is 0 Å². The fourth-order valence-electron chi connectivity index (χ4n) is 1.54. The number of hydrogen-bond donors (Lipinski definition) is 0. The van der Waals surface area contributed by atoms with Gasteiger partial charge >= 0.3 is 6.18 Å². The van der Waals surface area contributed by atoms with E-state index in [2.05, 4.69) is 0 Å². The highest BCUT2D eigenvalue weighted by atomic mass is 35.5. The van der Waals surface area contributed by atoms with E-state index in [0.717, 1.165) is 12.1 Å². The first-order valence-corrected chi connectivity index (χ1v) is 5.58. The van der Waals surface area contributed by atoms with Gasteiger partial charge in [0.25, 0.3) is 0 Å². The van der Waals surface area contributed by atoms with Gasteiger partial charge in [0.1, 0.15) is 0 Å². The van der Waals surface area contributed by atoms with Gasteiger partial charge in [-0.25, -0.2) is 0 Å². The Kier molecular flexibility index (Phi) is 4.57. The molecule has 0 fully saturated rings. The van der Waals surface area contributed by atoms with E-state index in [9.17, 15) is 18.0 Å². The Morgan fingerprint density at radius 1 is 1.41 bits per heavy atom. The minimum atomic E-state index is -4.36. The standard InChI is InChI=1S/C12H12ClF3O/c1-2-9(11(13)17)6-8-4-3-5-10(7-8)12(14,15)16/h3-5,7,9H,2,6H2,1H3. The van der Waals surface area contributed by atoms with E-state index in [-0.39, 0.29) is 6.42 Å². The fraction of sp³-hybridized carbons (Fsp3) is 0.417. The van der Waals surface area contributed by atoms with Crippen LogP contribution in [-0.4, -0.2) is 5.24 Å². The zero-order chi connectivity index (χ0) is 13.1. The molecule has 0 aliphatic heterocycles. The van der Waals surface area contributed by atoms with Crippen molar-refractivity contribution < 1.29 is 18.0 Å². The summed E-state index contributed by atoms with van der Waals surface area (Å²) in [4.78, 5) is 11.0. The molecule has 0 saturated carbocycles. The number of carbonyl (C=O) groups is 1. The summed E-state index contributed by atoms with van der Waals surface area (Å²) >= 11 is 5.36. The van der Waals surface area contributed by atoms with Crippen LogP contribution in [0.5, 0.6) is 0 Å². The Hall–Kier alpha value is -1.03. The van der Waals surface area contributed by atoms with Crippen molar-refractivity contribution in [1.29, 1.82) is 0 Å². The van der Waals surface area contributed by atoms with Crippen LogP contribution < -0.4 is 0 Å². The maximum Gasteiger partial charge on any atom is 0.416 e. The Morgan fingerprint density at radius 3 is 2.53 bits per heavy atom. The van der Waals surface area contributed by atoms with Gasteiger partial charge in [0, 0.05) is 5.92 Å². The van der Waals surface area contributed by atoms with Crippen molar-refractivity contribution in [2.24, 2.45) is 5.92 Å². The largest absolute Gasteiger partial charge is 0.416 e. The van der Waals surface area contributed by atoms with Crippen molar-refractivity contribution in [1.82, 2.24) is 0 Å².